The number of hydrogen-bond acceptors (Lipinski definition) is 3. The van der Waals surface area contributed by atoms with Crippen LogP contribution in [0.4, 0.5) is 4.79 Å². The molecule has 0 aromatic rings. The van der Waals surface area contributed by atoms with Gasteiger partial charge >= 0.3 is 6.03 Å². The number of amides is 3. The first-order chi connectivity index (χ1) is 8.58. The van der Waals surface area contributed by atoms with Gasteiger partial charge in [-0.15, -0.1) is 0 Å². The smallest absolute Gasteiger partial charge is 0.317 e. The van der Waals surface area contributed by atoms with Crippen molar-refractivity contribution in [3.05, 3.63) is 0 Å². The van der Waals surface area contributed by atoms with Crippen LogP contribution in [-0.2, 0) is 4.79 Å². The van der Waals surface area contributed by atoms with Crippen molar-refractivity contribution >= 4 is 11.9 Å². The highest BCUT2D eigenvalue weighted by molar-refractivity contribution is 5.79. The minimum Gasteiger partial charge on any atom is -0.339 e. The molecule has 2 aliphatic heterocycles. The number of rotatable bonds is 4. The molecule has 0 spiro atoms. The van der Waals surface area contributed by atoms with Crippen molar-refractivity contribution in [3.63, 3.8) is 0 Å². The third-order valence-electron chi connectivity index (χ3n) is 3.64. The summed E-state index contributed by atoms with van der Waals surface area (Å²) in [6, 6.07) is 0.319. The maximum atomic E-state index is 12.0. The standard InChI is InChI=1S/C12H22N4O2/c1-9(13)3-2-4-11(17)15-5-6-16-10(8-15)7-14-12(16)18/h9-10H,2-8,13H2,1H3,(H,14,18). The van der Waals surface area contributed by atoms with Gasteiger partial charge in [-0.1, -0.05) is 0 Å². The monoisotopic (exact) mass is 254 g/mol. The number of hydrogen-bond donors (Lipinski definition) is 2. The molecule has 3 amide bonds. The van der Waals surface area contributed by atoms with E-state index in [1.165, 1.54) is 0 Å². The summed E-state index contributed by atoms with van der Waals surface area (Å²) in [6.45, 7) is 4.58. The van der Waals surface area contributed by atoms with Crippen molar-refractivity contribution in [3.8, 4) is 0 Å². The third kappa shape index (κ3) is 2.93. The summed E-state index contributed by atoms with van der Waals surface area (Å²) in [5, 5.41) is 2.81. The zero-order valence-electron chi connectivity index (χ0n) is 10.9. The molecule has 102 valence electrons. The molecule has 2 atom stereocenters. The van der Waals surface area contributed by atoms with E-state index in [1.807, 2.05) is 16.7 Å². The van der Waals surface area contributed by atoms with Crippen LogP contribution in [0.3, 0.4) is 0 Å². The number of urea groups is 1. The van der Waals surface area contributed by atoms with Gasteiger partial charge in [-0.2, -0.15) is 0 Å². The van der Waals surface area contributed by atoms with Crippen LogP contribution >= 0.6 is 0 Å². The minimum absolute atomic E-state index is 0.00376. The highest BCUT2D eigenvalue weighted by atomic mass is 16.2. The molecule has 0 aliphatic carbocycles. The quantitative estimate of drug-likeness (QED) is 0.725. The fourth-order valence-corrected chi connectivity index (χ4v) is 2.56. The number of piperazine rings is 1. The Kier molecular flexibility index (Phi) is 4.06. The molecule has 2 saturated heterocycles. The fourth-order valence-electron chi connectivity index (χ4n) is 2.56. The number of nitrogens with one attached hydrogen (secondary N) is 1. The first kappa shape index (κ1) is 13.1. The van der Waals surface area contributed by atoms with Crippen LogP contribution < -0.4 is 11.1 Å². The van der Waals surface area contributed by atoms with Crippen molar-refractivity contribution in [1.82, 2.24) is 15.1 Å². The molecule has 0 saturated carbocycles. The predicted molar refractivity (Wildman–Crippen MR) is 68.0 cm³/mol. The van der Waals surface area contributed by atoms with Crippen LogP contribution in [0.2, 0.25) is 0 Å². The predicted octanol–water partition coefficient (Wildman–Crippen LogP) is -0.260. The topological polar surface area (TPSA) is 78.7 Å². The number of fused-ring (bicyclic) bond motifs is 1. The normalized spacial score (nSPS) is 24.8. The van der Waals surface area contributed by atoms with Gasteiger partial charge in [-0.3, -0.25) is 4.79 Å². The number of nitrogens with zero attached hydrogens (tertiary/aromatic N) is 2. The van der Waals surface area contributed by atoms with E-state index in [2.05, 4.69) is 5.32 Å². The Morgan fingerprint density at radius 3 is 3.06 bits per heavy atom. The van der Waals surface area contributed by atoms with Gasteiger partial charge in [0.15, 0.2) is 0 Å². The second-order valence-electron chi connectivity index (χ2n) is 5.24. The Balaban J connectivity index is 1.77. The second-order valence-corrected chi connectivity index (χ2v) is 5.24. The van der Waals surface area contributed by atoms with Crippen molar-refractivity contribution in [1.29, 1.82) is 0 Å². The second kappa shape index (κ2) is 5.56. The molecule has 0 bridgehead atoms. The molecule has 6 nitrogen and oxygen atoms in total. The van der Waals surface area contributed by atoms with Crippen LogP contribution in [-0.4, -0.2) is 60.0 Å². The van der Waals surface area contributed by atoms with Crippen LogP contribution in [0.5, 0.6) is 0 Å². The number of nitrogens with two attached hydrogens (primary N) is 1. The van der Waals surface area contributed by atoms with E-state index >= 15 is 0 Å². The summed E-state index contributed by atoms with van der Waals surface area (Å²) < 4.78 is 0. The van der Waals surface area contributed by atoms with Crippen molar-refractivity contribution in [2.24, 2.45) is 5.73 Å². The Labute approximate surface area is 107 Å². The van der Waals surface area contributed by atoms with Gasteiger partial charge in [0.1, 0.15) is 0 Å². The van der Waals surface area contributed by atoms with Gasteiger partial charge in [-0.05, 0) is 19.8 Å². The third-order valence-corrected chi connectivity index (χ3v) is 3.64. The molecule has 0 aromatic carbocycles. The molecule has 6 heteroatoms. The molecule has 0 radical (unpaired) electrons. The largest absolute Gasteiger partial charge is 0.339 e. The maximum absolute atomic E-state index is 12.0. The molecule has 2 heterocycles. The van der Waals surface area contributed by atoms with Crippen LogP contribution in [0.25, 0.3) is 0 Å². The lowest BCUT2D eigenvalue weighted by molar-refractivity contribution is -0.133. The summed E-state index contributed by atoms with van der Waals surface area (Å²) in [5.74, 6) is 0.189. The van der Waals surface area contributed by atoms with Crippen LogP contribution in [0.1, 0.15) is 26.2 Å². The van der Waals surface area contributed by atoms with Crippen LogP contribution in [0.15, 0.2) is 0 Å². The van der Waals surface area contributed by atoms with Gasteiger partial charge in [0, 0.05) is 38.6 Å². The molecule has 2 rings (SSSR count). The van der Waals surface area contributed by atoms with E-state index in [4.69, 9.17) is 5.73 Å². The van der Waals surface area contributed by atoms with E-state index in [0.717, 1.165) is 12.8 Å². The lowest BCUT2D eigenvalue weighted by atomic mass is 10.1. The molecule has 0 aromatic heterocycles. The summed E-state index contributed by atoms with van der Waals surface area (Å²) in [4.78, 5) is 27.1. The minimum atomic E-state index is 0.00376. The molecule has 18 heavy (non-hydrogen) atoms. The number of carbonyl (C=O) groups excluding carboxylic acids is 2. The lowest BCUT2D eigenvalue weighted by Crippen LogP contribution is -2.53. The Bertz CT molecular complexity index is 332. The SMILES string of the molecule is CC(N)CCCC(=O)N1CCN2C(=O)NCC2C1. The molecular weight excluding hydrogens is 232 g/mol. The van der Waals surface area contributed by atoms with E-state index in [-0.39, 0.29) is 24.0 Å². The highest BCUT2D eigenvalue weighted by Crippen LogP contribution is 2.15. The van der Waals surface area contributed by atoms with E-state index in [0.29, 0.717) is 32.6 Å². The molecule has 2 fully saturated rings. The summed E-state index contributed by atoms with van der Waals surface area (Å²) in [7, 11) is 0. The molecule has 2 aliphatic rings. The van der Waals surface area contributed by atoms with Gasteiger partial charge < -0.3 is 20.9 Å². The Hall–Kier alpha value is -1.30. The van der Waals surface area contributed by atoms with E-state index in [1.54, 1.807) is 0 Å². The molecule has 3 N–H and O–H groups in total. The Morgan fingerprint density at radius 2 is 2.33 bits per heavy atom. The zero-order chi connectivity index (χ0) is 13.1. The summed E-state index contributed by atoms with van der Waals surface area (Å²) >= 11 is 0. The van der Waals surface area contributed by atoms with E-state index < -0.39 is 0 Å². The Morgan fingerprint density at radius 1 is 1.56 bits per heavy atom. The van der Waals surface area contributed by atoms with E-state index in [9.17, 15) is 9.59 Å². The van der Waals surface area contributed by atoms with Gasteiger partial charge in [0.05, 0.1) is 6.04 Å². The number of carbonyl (C=O) groups is 2. The first-order valence-corrected chi connectivity index (χ1v) is 6.65. The lowest BCUT2D eigenvalue weighted by Gasteiger charge is -2.36. The van der Waals surface area contributed by atoms with Crippen molar-refractivity contribution in [2.75, 3.05) is 26.2 Å². The van der Waals surface area contributed by atoms with Gasteiger partial charge in [-0.25, -0.2) is 4.79 Å². The average Bonchev–Trinajstić information content (AvgIpc) is 2.70. The zero-order valence-corrected chi connectivity index (χ0v) is 10.9. The first-order valence-electron chi connectivity index (χ1n) is 6.65. The molecule has 2 unspecified atom stereocenters. The maximum Gasteiger partial charge on any atom is 0.317 e. The van der Waals surface area contributed by atoms with Gasteiger partial charge in [0.2, 0.25) is 5.91 Å². The van der Waals surface area contributed by atoms with Crippen molar-refractivity contribution < 1.29 is 9.59 Å². The summed E-state index contributed by atoms with van der Waals surface area (Å²) in [6.07, 6.45) is 2.30. The highest BCUT2D eigenvalue weighted by Gasteiger charge is 2.36. The summed E-state index contributed by atoms with van der Waals surface area (Å²) in [5.41, 5.74) is 5.67. The van der Waals surface area contributed by atoms with Crippen molar-refractivity contribution in [2.45, 2.75) is 38.3 Å². The van der Waals surface area contributed by atoms with Crippen LogP contribution in [0, 0.1) is 0 Å². The average molecular weight is 254 g/mol. The fraction of sp³-hybridized carbons (Fsp3) is 0.833. The molecular formula is C12H22N4O2. The van der Waals surface area contributed by atoms with Gasteiger partial charge in [0.25, 0.3) is 0 Å².